The monoisotopic (exact) mass is 505 g/mol. The van der Waals surface area contributed by atoms with E-state index in [4.69, 9.17) is 21.1 Å². The Balaban J connectivity index is 1.69. The van der Waals surface area contributed by atoms with E-state index in [-0.39, 0.29) is 28.9 Å². The van der Waals surface area contributed by atoms with Crippen molar-refractivity contribution in [3.63, 3.8) is 0 Å². The fourth-order valence-electron chi connectivity index (χ4n) is 3.74. The Labute approximate surface area is 213 Å². The summed E-state index contributed by atoms with van der Waals surface area (Å²) in [6.07, 6.45) is 0. The second-order valence-corrected chi connectivity index (χ2v) is 8.02. The Hall–Kier alpha value is -4.43. The predicted octanol–water partition coefficient (Wildman–Crippen LogP) is 6.33. The zero-order valence-electron chi connectivity index (χ0n) is 19.6. The maximum Gasteiger partial charge on any atom is 0.357 e. The lowest BCUT2D eigenvalue weighted by Crippen LogP contribution is -2.21. The molecule has 0 bridgehead atoms. The van der Waals surface area contributed by atoms with Crippen LogP contribution in [0.3, 0.4) is 0 Å². The summed E-state index contributed by atoms with van der Waals surface area (Å²) in [7, 11) is 1.48. The Morgan fingerprint density at radius 1 is 0.972 bits per heavy atom. The number of benzene rings is 3. The molecule has 0 fully saturated rings. The molecule has 0 aliphatic heterocycles. The Kier molecular flexibility index (Phi) is 7.46. The molecule has 0 spiro atoms. The zero-order chi connectivity index (χ0) is 25.7. The van der Waals surface area contributed by atoms with Gasteiger partial charge in [0.15, 0.2) is 17.2 Å². The third-order valence-electron chi connectivity index (χ3n) is 5.36. The third kappa shape index (κ3) is 5.13. The molecule has 184 valence electrons. The van der Waals surface area contributed by atoms with Crippen LogP contribution < -0.4 is 15.4 Å². The Bertz CT molecular complexity index is 1380. The molecule has 2 amide bonds. The molecule has 0 aliphatic carbocycles. The smallest absolute Gasteiger partial charge is 0.357 e. The number of hydrogen-bond donors (Lipinski definition) is 3. The molecule has 0 aliphatic rings. The lowest BCUT2D eigenvalue weighted by atomic mass is 10.0. The molecule has 0 radical (unpaired) electrons. The first-order valence-electron chi connectivity index (χ1n) is 11.1. The summed E-state index contributed by atoms with van der Waals surface area (Å²) >= 11 is 6.52. The fourth-order valence-corrected chi connectivity index (χ4v) is 4.04. The number of esters is 1. The number of ether oxygens (including phenoxy) is 2. The Morgan fingerprint density at radius 3 is 2.36 bits per heavy atom. The number of nitrogens with one attached hydrogen (secondary N) is 2. The number of rotatable bonds is 7. The molecule has 3 N–H and O–H groups in total. The van der Waals surface area contributed by atoms with Crippen molar-refractivity contribution in [2.75, 3.05) is 24.4 Å². The highest BCUT2D eigenvalue weighted by atomic mass is 35.5. The average molecular weight is 506 g/mol. The number of aromatic nitrogens is 1. The van der Waals surface area contributed by atoms with Crippen molar-refractivity contribution in [3.8, 4) is 28.3 Å². The lowest BCUT2D eigenvalue weighted by Gasteiger charge is -2.14. The van der Waals surface area contributed by atoms with E-state index in [0.717, 1.165) is 5.56 Å². The first-order valence-corrected chi connectivity index (χ1v) is 11.5. The highest BCUT2D eigenvalue weighted by molar-refractivity contribution is 6.31. The van der Waals surface area contributed by atoms with Crippen LogP contribution in [0.4, 0.5) is 16.2 Å². The number of hydrogen-bond acceptors (Lipinski definition) is 5. The predicted molar refractivity (Wildman–Crippen MR) is 139 cm³/mol. The molecule has 3 aromatic carbocycles. The zero-order valence-corrected chi connectivity index (χ0v) is 20.4. The number of phenolic OH excluding ortho intramolecular Hbond substituents is 1. The number of aromatic hydroxyl groups is 1. The van der Waals surface area contributed by atoms with E-state index in [1.54, 1.807) is 73.7 Å². The van der Waals surface area contributed by atoms with Gasteiger partial charge in [0, 0.05) is 23.0 Å². The minimum atomic E-state index is -0.645. The molecular weight excluding hydrogens is 482 g/mol. The molecule has 0 saturated heterocycles. The minimum absolute atomic E-state index is 0.0230. The first-order chi connectivity index (χ1) is 17.4. The Morgan fingerprint density at radius 2 is 1.69 bits per heavy atom. The van der Waals surface area contributed by atoms with Gasteiger partial charge in [-0.05, 0) is 42.8 Å². The first kappa shape index (κ1) is 24.7. The molecule has 1 heterocycles. The summed E-state index contributed by atoms with van der Waals surface area (Å²) in [4.78, 5) is 25.5. The number of amides is 2. The van der Waals surface area contributed by atoms with E-state index in [0.29, 0.717) is 22.7 Å². The van der Waals surface area contributed by atoms with Crippen LogP contribution in [0.1, 0.15) is 17.4 Å². The van der Waals surface area contributed by atoms with Crippen LogP contribution in [0.2, 0.25) is 5.15 Å². The van der Waals surface area contributed by atoms with Gasteiger partial charge in [-0.25, -0.2) is 9.59 Å². The number of urea groups is 1. The molecule has 0 atom stereocenters. The lowest BCUT2D eigenvalue weighted by molar-refractivity contribution is 0.0518. The van der Waals surface area contributed by atoms with Crippen molar-refractivity contribution in [2.24, 2.45) is 0 Å². The number of carbonyl (C=O) groups excluding carboxylic acids is 2. The standard InChI is InChI=1S/C27H24ClN3O5/c1-3-36-26(33)24-21(30-27(34)29-18-8-5-4-6-9-18)16-23(28)31(24)19-14-12-17(13-15-19)20-10-7-11-22(35-2)25(20)32/h4-16,32H,3H2,1-2H3,(H2,29,30,34). The van der Waals surface area contributed by atoms with Crippen molar-refractivity contribution >= 4 is 35.0 Å². The van der Waals surface area contributed by atoms with Gasteiger partial charge in [-0.1, -0.05) is 54.1 Å². The molecule has 1 aromatic heterocycles. The number of methoxy groups -OCH3 is 1. The molecule has 0 saturated carbocycles. The van der Waals surface area contributed by atoms with Crippen molar-refractivity contribution in [3.05, 3.63) is 89.7 Å². The van der Waals surface area contributed by atoms with Gasteiger partial charge >= 0.3 is 12.0 Å². The summed E-state index contributed by atoms with van der Waals surface area (Å²) in [5.41, 5.74) is 2.74. The van der Waals surface area contributed by atoms with Crippen molar-refractivity contribution in [2.45, 2.75) is 6.92 Å². The van der Waals surface area contributed by atoms with E-state index < -0.39 is 12.0 Å². The third-order valence-corrected chi connectivity index (χ3v) is 5.64. The van der Waals surface area contributed by atoms with Gasteiger partial charge in [0.2, 0.25) is 0 Å². The molecule has 0 unspecified atom stereocenters. The number of carbonyl (C=O) groups is 2. The van der Waals surface area contributed by atoms with Crippen molar-refractivity contribution in [1.29, 1.82) is 0 Å². The second kappa shape index (κ2) is 10.9. The van der Waals surface area contributed by atoms with Crippen LogP contribution in [0.25, 0.3) is 16.8 Å². The molecule has 4 aromatic rings. The number of anilines is 2. The average Bonchev–Trinajstić information content (AvgIpc) is 3.20. The van der Waals surface area contributed by atoms with Gasteiger partial charge in [0.25, 0.3) is 0 Å². The van der Waals surface area contributed by atoms with Gasteiger partial charge < -0.3 is 25.2 Å². The SMILES string of the molecule is CCOC(=O)c1c(NC(=O)Nc2ccccc2)cc(Cl)n1-c1ccc(-c2cccc(OC)c2O)cc1. The number of halogens is 1. The normalized spacial score (nSPS) is 10.5. The summed E-state index contributed by atoms with van der Waals surface area (Å²) < 4.78 is 11.9. The maximum atomic E-state index is 12.9. The quantitative estimate of drug-likeness (QED) is 0.255. The van der Waals surface area contributed by atoms with Crippen LogP contribution >= 0.6 is 11.6 Å². The highest BCUT2D eigenvalue weighted by Gasteiger charge is 2.24. The summed E-state index contributed by atoms with van der Waals surface area (Å²) in [5.74, 6) is -0.261. The minimum Gasteiger partial charge on any atom is -0.504 e. The number of para-hydroxylation sites is 2. The van der Waals surface area contributed by atoms with Gasteiger partial charge in [0.1, 0.15) is 5.15 Å². The van der Waals surface area contributed by atoms with Crippen LogP contribution in [-0.2, 0) is 4.74 Å². The summed E-state index contributed by atoms with van der Waals surface area (Å²) in [5, 5.41) is 16.1. The van der Waals surface area contributed by atoms with E-state index in [9.17, 15) is 14.7 Å². The van der Waals surface area contributed by atoms with Gasteiger partial charge in [0.05, 0.1) is 19.4 Å². The summed E-state index contributed by atoms with van der Waals surface area (Å²) in [6.45, 7) is 1.84. The molecule has 4 rings (SSSR count). The summed E-state index contributed by atoms with van der Waals surface area (Å²) in [6, 6.07) is 22.1. The highest BCUT2D eigenvalue weighted by Crippen LogP contribution is 2.37. The molecular formula is C27H24ClN3O5. The van der Waals surface area contributed by atoms with Crippen molar-refractivity contribution in [1.82, 2.24) is 4.57 Å². The van der Waals surface area contributed by atoms with E-state index in [1.807, 2.05) is 6.07 Å². The second-order valence-electron chi connectivity index (χ2n) is 7.63. The fraction of sp³-hybridized carbons (Fsp3) is 0.111. The number of nitrogens with zero attached hydrogens (tertiary/aromatic N) is 1. The molecule has 9 heteroatoms. The van der Waals surface area contributed by atoms with Gasteiger partial charge in [-0.2, -0.15) is 0 Å². The topological polar surface area (TPSA) is 102 Å². The van der Waals surface area contributed by atoms with Crippen LogP contribution in [0, 0.1) is 0 Å². The molecule has 36 heavy (non-hydrogen) atoms. The maximum absolute atomic E-state index is 12.9. The van der Waals surface area contributed by atoms with E-state index in [1.165, 1.54) is 17.7 Å². The van der Waals surface area contributed by atoms with Crippen molar-refractivity contribution < 1.29 is 24.2 Å². The number of phenols is 1. The largest absolute Gasteiger partial charge is 0.504 e. The van der Waals surface area contributed by atoms with E-state index in [2.05, 4.69) is 10.6 Å². The van der Waals surface area contributed by atoms with E-state index >= 15 is 0 Å². The molecule has 8 nitrogen and oxygen atoms in total. The van der Waals surface area contributed by atoms with Crippen LogP contribution in [-0.4, -0.2) is 35.4 Å². The van der Waals surface area contributed by atoms with Gasteiger partial charge in [-0.15, -0.1) is 0 Å². The van der Waals surface area contributed by atoms with Crippen LogP contribution in [0.15, 0.2) is 78.9 Å². The van der Waals surface area contributed by atoms with Gasteiger partial charge in [-0.3, -0.25) is 4.57 Å². The van der Waals surface area contributed by atoms with Crippen LogP contribution in [0.5, 0.6) is 11.5 Å².